The minimum absolute atomic E-state index is 0.183. The molecule has 0 bridgehead atoms. The summed E-state index contributed by atoms with van der Waals surface area (Å²) in [5.74, 6) is 1.63. The molecule has 0 aliphatic heterocycles. The Kier molecular flexibility index (Phi) is 5.15. The van der Waals surface area contributed by atoms with E-state index in [9.17, 15) is 4.79 Å². The molecule has 0 saturated heterocycles. The summed E-state index contributed by atoms with van der Waals surface area (Å²) in [4.78, 5) is 20.5. The second-order valence-electron chi connectivity index (χ2n) is 6.75. The van der Waals surface area contributed by atoms with Crippen molar-refractivity contribution in [3.63, 3.8) is 0 Å². The SMILES string of the molecule is CCCNc1cc(NC(C)(C)C(N)=O)nc(C(C)(C)C)n1. The van der Waals surface area contributed by atoms with Crippen LogP contribution < -0.4 is 16.4 Å². The van der Waals surface area contributed by atoms with E-state index in [2.05, 4.69) is 48.3 Å². The first kappa shape index (κ1) is 17.2. The van der Waals surface area contributed by atoms with Crippen molar-refractivity contribution < 1.29 is 4.79 Å². The zero-order chi connectivity index (χ0) is 16.3. The van der Waals surface area contributed by atoms with Gasteiger partial charge in [0.25, 0.3) is 0 Å². The standard InChI is InChI=1S/C15H27N5O/c1-7-8-17-10-9-11(20-15(5,6)12(16)21)19-13(18-10)14(2,3)4/h9H,7-8H2,1-6H3,(H2,16,21)(H2,17,18,19,20). The van der Waals surface area contributed by atoms with Gasteiger partial charge < -0.3 is 16.4 Å². The van der Waals surface area contributed by atoms with E-state index >= 15 is 0 Å². The van der Waals surface area contributed by atoms with E-state index in [1.165, 1.54) is 0 Å². The van der Waals surface area contributed by atoms with Crippen molar-refractivity contribution in [2.75, 3.05) is 17.2 Å². The highest BCUT2D eigenvalue weighted by atomic mass is 16.1. The average Bonchev–Trinajstić information content (AvgIpc) is 2.34. The minimum atomic E-state index is -0.870. The number of amides is 1. The molecule has 0 unspecified atom stereocenters. The lowest BCUT2D eigenvalue weighted by atomic mass is 9.95. The molecule has 1 aromatic rings. The number of anilines is 2. The summed E-state index contributed by atoms with van der Waals surface area (Å²) in [5, 5.41) is 6.34. The molecule has 6 heteroatoms. The summed E-state index contributed by atoms with van der Waals surface area (Å²) in [6.45, 7) is 12.5. The van der Waals surface area contributed by atoms with Gasteiger partial charge in [-0.1, -0.05) is 27.7 Å². The molecule has 0 fully saturated rings. The third kappa shape index (κ3) is 4.88. The largest absolute Gasteiger partial charge is 0.370 e. The molecular weight excluding hydrogens is 266 g/mol. The third-order valence-electron chi connectivity index (χ3n) is 3.01. The second-order valence-corrected chi connectivity index (χ2v) is 6.75. The lowest BCUT2D eigenvalue weighted by Gasteiger charge is -2.25. The Morgan fingerprint density at radius 1 is 1.19 bits per heavy atom. The molecule has 1 aromatic heterocycles. The van der Waals surface area contributed by atoms with Gasteiger partial charge in [-0.05, 0) is 20.3 Å². The van der Waals surface area contributed by atoms with E-state index in [4.69, 9.17) is 5.73 Å². The number of rotatable bonds is 6. The fourth-order valence-corrected chi connectivity index (χ4v) is 1.57. The number of nitrogens with two attached hydrogens (primary N) is 1. The minimum Gasteiger partial charge on any atom is -0.370 e. The Bertz CT molecular complexity index is 505. The van der Waals surface area contributed by atoms with Crippen molar-refractivity contribution in [1.29, 1.82) is 0 Å². The van der Waals surface area contributed by atoms with Crippen LogP contribution in [0.3, 0.4) is 0 Å². The Balaban J connectivity index is 3.16. The number of carbonyl (C=O) groups is 1. The zero-order valence-corrected chi connectivity index (χ0v) is 13.9. The van der Waals surface area contributed by atoms with Crippen molar-refractivity contribution >= 4 is 17.5 Å². The third-order valence-corrected chi connectivity index (χ3v) is 3.01. The molecule has 4 N–H and O–H groups in total. The molecule has 1 rings (SSSR count). The van der Waals surface area contributed by atoms with Gasteiger partial charge in [-0.15, -0.1) is 0 Å². The number of carbonyl (C=O) groups excluding carboxylic acids is 1. The topological polar surface area (TPSA) is 92.9 Å². The van der Waals surface area contributed by atoms with Gasteiger partial charge in [0.05, 0.1) is 0 Å². The van der Waals surface area contributed by atoms with Crippen LogP contribution in [-0.4, -0.2) is 28.0 Å². The van der Waals surface area contributed by atoms with Crippen molar-refractivity contribution in [2.24, 2.45) is 5.73 Å². The maximum absolute atomic E-state index is 11.5. The highest BCUT2D eigenvalue weighted by Gasteiger charge is 2.26. The zero-order valence-electron chi connectivity index (χ0n) is 13.9. The smallest absolute Gasteiger partial charge is 0.242 e. The molecular formula is C15H27N5O. The lowest BCUT2D eigenvalue weighted by Crippen LogP contribution is -2.45. The van der Waals surface area contributed by atoms with Crippen LogP contribution in [0.1, 0.15) is 53.8 Å². The molecule has 0 aliphatic carbocycles. The predicted molar refractivity (Wildman–Crippen MR) is 86.4 cm³/mol. The highest BCUT2D eigenvalue weighted by Crippen LogP contribution is 2.23. The molecule has 0 aromatic carbocycles. The lowest BCUT2D eigenvalue weighted by molar-refractivity contribution is -0.121. The van der Waals surface area contributed by atoms with Crippen molar-refractivity contribution in [1.82, 2.24) is 9.97 Å². The molecule has 118 valence electrons. The molecule has 0 radical (unpaired) electrons. The number of hydrogen-bond donors (Lipinski definition) is 3. The summed E-state index contributed by atoms with van der Waals surface area (Å²) in [6.07, 6.45) is 1.00. The highest BCUT2D eigenvalue weighted by molar-refractivity contribution is 5.86. The number of nitrogens with one attached hydrogen (secondary N) is 2. The number of nitrogens with zero attached hydrogens (tertiary/aromatic N) is 2. The van der Waals surface area contributed by atoms with Gasteiger partial charge in [0.2, 0.25) is 5.91 Å². The van der Waals surface area contributed by atoms with Crippen LogP contribution in [0.2, 0.25) is 0 Å². The molecule has 0 aliphatic rings. The normalized spacial score (nSPS) is 12.1. The summed E-state index contributed by atoms with van der Waals surface area (Å²) >= 11 is 0. The monoisotopic (exact) mass is 293 g/mol. The Morgan fingerprint density at radius 3 is 2.24 bits per heavy atom. The maximum Gasteiger partial charge on any atom is 0.242 e. The quantitative estimate of drug-likeness (QED) is 0.748. The van der Waals surface area contributed by atoms with E-state index < -0.39 is 11.4 Å². The predicted octanol–water partition coefficient (Wildman–Crippen LogP) is 2.27. The summed E-state index contributed by atoms with van der Waals surface area (Å²) in [5.41, 5.74) is 4.35. The van der Waals surface area contributed by atoms with E-state index in [-0.39, 0.29) is 5.41 Å². The van der Waals surface area contributed by atoms with E-state index in [0.29, 0.717) is 11.6 Å². The van der Waals surface area contributed by atoms with Crippen LogP contribution in [0, 0.1) is 0 Å². The Morgan fingerprint density at radius 2 is 1.76 bits per heavy atom. The first-order valence-electron chi connectivity index (χ1n) is 7.28. The summed E-state index contributed by atoms with van der Waals surface area (Å²) < 4.78 is 0. The van der Waals surface area contributed by atoms with Gasteiger partial charge in [-0.3, -0.25) is 4.79 Å². The van der Waals surface area contributed by atoms with Gasteiger partial charge in [0.1, 0.15) is 23.0 Å². The van der Waals surface area contributed by atoms with Gasteiger partial charge in [0.15, 0.2) is 0 Å². The maximum atomic E-state index is 11.5. The Hall–Kier alpha value is -1.85. The van der Waals surface area contributed by atoms with Crippen LogP contribution in [-0.2, 0) is 10.2 Å². The molecule has 1 heterocycles. The first-order chi connectivity index (χ1) is 9.56. The molecule has 1 amide bonds. The fraction of sp³-hybridized carbons (Fsp3) is 0.667. The van der Waals surface area contributed by atoms with Crippen LogP contribution in [0.5, 0.6) is 0 Å². The van der Waals surface area contributed by atoms with Gasteiger partial charge in [-0.2, -0.15) is 0 Å². The van der Waals surface area contributed by atoms with E-state index in [1.807, 2.05) is 0 Å². The molecule has 0 saturated carbocycles. The average molecular weight is 293 g/mol. The Labute approximate surface area is 126 Å². The van der Waals surface area contributed by atoms with E-state index in [1.54, 1.807) is 19.9 Å². The van der Waals surface area contributed by atoms with Crippen molar-refractivity contribution in [3.05, 3.63) is 11.9 Å². The second kappa shape index (κ2) is 6.28. The van der Waals surface area contributed by atoms with E-state index in [0.717, 1.165) is 18.8 Å². The number of aromatic nitrogens is 2. The van der Waals surface area contributed by atoms with Crippen LogP contribution in [0.4, 0.5) is 11.6 Å². The first-order valence-corrected chi connectivity index (χ1v) is 7.28. The number of primary amides is 1. The van der Waals surface area contributed by atoms with Crippen molar-refractivity contribution in [2.45, 2.75) is 58.9 Å². The number of hydrogen-bond acceptors (Lipinski definition) is 5. The van der Waals surface area contributed by atoms with Crippen LogP contribution in [0.25, 0.3) is 0 Å². The van der Waals surface area contributed by atoms with Gasteiger partial charge in [0, 0.05) is 18.0 Å². The summed E-state index contributed by atoms with van der Waals surface area (Å²) in [6, 6.07) is 1.80. The summed E-state index contributed by atoms with van der Waals surface area (Å²) in [7, 11) is 0. The van der Waals surface area contributed by atoms with Crippen LogP contribution in [0.15, 0.2) is 6.07 Å². The van der Waals surface area contributed by atoms with Gasteiger partial charge >= 0.3 is 0 Å². The van der Waals surface area contributed by atoms with Crippen LogP contribution >= 0.6 is 0 Å². The molecule has 21 heavy (non-hydrogen) atoms. The molecule has 6 nitrogen and oxygen atoms in total. The molecule has 0 spiro atoms. The van der Waals surface area contributed by atoms with Crippen molar-refractivity contribution in [3.8, 4) is 0 Å². The fourth-order valence-electron chi connectivity index (χ4n) is 1.57. The van der Waals surface area contributed by atoms with Gasteiger partial charge in [-0.25, -0.2) is 9.97 Å². The molecule has 0 atom stereocenters.